The van der Waals surface area contributed by atoms with Gasteiger partial charge in [-0.3, -0.25) is 0 Å². The molecule has 0 saturated heterocycles. The second-order valence-corrected chi connectivity index (χ2v) is 6.05. The number of primary amides is 1. The maximum Gasteiger partial charge on any atom is 0.332 e. The third-order valence-corrected chi connectivity index (χ3v) is 4.74. The van der Waals surface area contributed by atoms with E-state index < -0.39 is 6.03 Å². The molecule has 0 unspecified atom stereocenters. The Morgan fingerprint density at radius 2 is 2.11 bits per heavy atom. The van der Waals surface area contributed by atoms with Crippen LogP contribution in [-0.2, 0) is 12.8 Å². The van der Waals surface area contributed by atoms with E-state index in [9.17, 15) is 4.79 Å². The molecule has 0 aromatic heterocycles. The molecular formula is C14H17N3OS. The summed E-state index contributed by atoms with van der Waals surface area (Å²) < 4.78 is 0. The summed E-state index contributed by atoms with van der Waals surface area (Å²) in [6, 6.07) is 3.85. The number of aryl methyl sites for hydroxylation is 1. The molecule has 0 fully saturated rings. The van der Waals surface area contributed by atoms with Gasteiger partial charge in [0.1, 0.15) is 0 Å². The van der Waals surface area contributed by atoms with Crippen LogP contribution >= 0.6 is 11.8 Å². The van der Waals surface area contributed by atoms with Gasteiger partial charge in [-0.1, -0.05) is 6.07 Å². The van der Waals surface area contributed by atoms with Gasteiger partial charge >= 0.3 is 6.03 Å². The number of hydrogen-bond donors (Lipinski definition) is 2. The van der Waals surface area contributed by atoms with E-state index >= 15 is 0 Å². The zero-order valence-electron chi connectivity index (χ0n) is 10.7. The van der Waals surface area contributed by atoms with E-state index in [2.05, 4.69) is 22.7 Å². The smallest absolute Gasteiger partial charge is 0.332 e. The Morgan fingerprint density at radius 1 is 1.26 bits per heavy atom. The zero-order valence-corrected chi connectivity index (χ0v) is 11.6. The molecule has 3 rings (SSSR count). The van der Waals surface area contributed by atoms with Gasteiger partial charge < -0.3 is 5.73 Å². The van der Waals surface area contributed by atoms with Crippen molar-refractivity contribution < 1.29 is 4.79 Å². The summed E-state index contributed by atoms with van der Waals surface area (Å²) in [6.45, 7) is 0. The van der Waals surface area contributed by atoms with E-state index in [4.69, 9.17) is 5.73 Å². The van der Waals surface area contributed by atoms with Crippen LogP contribution in [0.2, 0.25) is 0 Å². The molecular weight excluding hydrogens is 258 g/mol. The van der Waals surface area contributed by atoms with E-state index in [0.29, 0.717) is 0 Å². The maximum absolute atomic E-state index is 10.8. The number of carbonyl (C=O) groups is 1. The lowest BCUT2D eigenvalue weighted by Crippen LogP contribution is -2.27. The van der Waals surface area contributed by atoms with E-state index in [1.54, 1.807) is 0 Å². The summed E-state index contributed by atoms with van der Waals surface area (Å²) in [7, 11) is 0. The van der Waals surface area contributed by atoms with E-state index in [1.807, 2.05) is 11.8 Å². The number of amides is 2. The molecule has 0 radical (unpaired) electrons. The lowest BCUT2D eigenvalue weighted by atomic mass is 9.86. The minimum Gasteiger partial charge on any atom is -0.350 e. The van der Waals surface area contributed by atoms with Crippen molar-refractivity contribution in [2.24, 2.45) is 10.8 Å². The quantitative estimate of drug-likeness (QED) is 0.773. The Hall–Kier alpha value is -1.49. The zero-order chi connectivity index (χ0) is 13.2. The summed E-state index contributed by atoms with van der Waals surface area (Å²) in [5, 5.41) is 4.21. The Morgan fingerprint density at radius 3 is 2.95 bits per heavy atom. The SMILES string of the molecule is NC(=O)NN=C1CCSc2ccc3c(c21)CCCC3. The molecule has 0 spiro atoms. The number of hydrazone groups is 1. The highest BCUT2D eigenvalue weighted by Gasteiger charge is 2.23. The van der Waals surface area contributed by atoms with E-state index in [-0.39, 0.29) is 0 Å². The van der Waals surface area contributed by atoms with Gasteiger partial charge in [0.15, 0.2) is 0 Å². The summed E-state index contributed by atoms with van der Waals surface area (Å²) in [6.07, 6.45) is 5.67. The first-order valence-electron chi connectivity index (χ1n) is 6.65. The van der Waals surface area contributed by atoms with Crippen LogP contribution in [0.3, 0.4) is 0 Å². The molecule has 1 aromatic rings. The number of fused-ring (bicyclic) bond motifs is 3. The lowest BCUT2D eigenvalue weighted by Gasteiger charge is -2.25. The van der Waals surface area contributed by atoms with Gasteiger partial charge in [0.25, 0.3) is 0 Å². The largest absolute Gasteiger partial charge is 0.350 e. The number of benzene rings is 1. The van der Waals surface area contributed by atoms with Crippen molar-refractivity contribution in [1.82, 2.24) is 5.43 Å². The van der Waals surface area contributed by atoms with Crippen LogP contribution in [0.15, 0.2) is 22.1 Å². The van der Waals surface area contributed by atoms with Crippen LogP contribution in [-0.4, -0.2) is 17.5 Å². The minimum absolute atomic E-state index is 0.600. The second-order valence-electron chi connectivity index (χ2n) is 4.92. The van der Waals surface area contributed by atoms with Crippen LogP contribution < -0.4 is 11.2 Å². The molecule has 2 amide bonds. The standard InChI is InChI=1S/C14H17N3OS/c15-14(18)17-16-11-7-8-19-12-6-5-9-3-1-2-4-10(9)13(11)12/h5-6H,1-4,7-8H2,(H3,15,17,18). The number of nitrogens with two attached hydrogens (primary N) is 1. The number of thioether (sulfide) groups is 1. The molecule has 1 heterocycles. The topological polar surface area (TPSA) is 67.5 Å². The first-order chi connectivity index (χ1) is 9.25. The molecule has 0 atom stereocenters. The van der Waals surface area contributed by atoms with Crippen molar-refractivity contribution in [3.8, 4) is 0 Å². The number of rotatable bonds is 1. The number of hydrogen-bond acceptors (Lipinski definition) is 3. The molecule has 1 aliphatic heterocycles. The average molecular weight is 275 g/mol. The highest BCUT2D eigenvalue weighted by molar-refractivity contribution is 7.99. The van der Waals surface area contributed by atoms with Crippen molar-refractivity contribution >= 4 is 23.5 Å². The number of urea groups is 1. The van der Waals surface area contributed by atoms with Gasteiger partial charge in [-0.05, 0) is 42.9 Å². The molecule has 100 valence electrons. The summed E-state index contributed by atoms with van der Waals surface area (Å²) in [4.78, 5) is 12.1. The van der Waals surface area contributed by atoms with Crippen molar-refractivity contribution in [2.75, 3.05) is 5.75 Å². The molecule has 5 heteroatoms. The molecule has 2 aliphatic rings. The Bertz CT molecular complexity index is 554. The van der Waals surface area contributed by atoms with Gasteiger partial charge in [0, 0.05) is 22.6 Å². The molecule has 0 saturated carbocycles. The monoisotopic (exact) mass is 275 g/mol. The highest BCUT2D eigenvalue weighted by atomic mass is 32.2. The molecule has 1 aliphatic carbocycles. The van der Waals surface area contributed by atoms with Crippen LogP contribution in [0.1, 0.15) is 36.0 Å². The first kappa shape index (κ1) is 12.5. The summed E-state index contributed by atoms with van der Waals surface area (Å²) in [5.41, 5.74) is 12.6. The molecule has 4 nitrogen and oxygen atoms in total. The van der Waals surface area contributed by atoms with Crippen LogP contribution in [0.5, 0.6) is 0 Å². The fourth-order valence-corrected chi connectivity index (χ4v) is 3.93. The highest BCUT2D eigenvalue weighted by Crippen LogP contribution is 2.36. The van der Waals surface area contributed by atoms with E-state index in [0.717, 1.165) is 30.7 Å². The first-order valence-corrected chi connectivity index (χ1v) is 7.64. The van der Waals surface area contributed by atoms with Gasteiger partial charge in [-0.15, -0.1) is 11.8 Å². The van der Waals surface area contributed by atoms with Crippen molar-refractivity contribution in [3.63, 3.8) is 0 Å². The molecule has 3 N–H and O–H groups in total. The number of carbonyl (C=O) groups excluding carboxylic acids is 1. The molecule has 1 aromatic carbocycles. The van der Waals surface area contributed by atoms with Crippen LogP contribution in [0.25, 0.3) is 0 Å². The Labute approximate surface area is 116 Å². The van der Waals surface area contributed by atoms with Gasteiger partial charge in [-0.25, -0.2) is 10.2 Å². The normalized spacial score (nSPS) is 19.7. The van der Waals surface area contributed by atoms with Gasteiger partial charge in [-0.2, -0.15) is 5.10 Å². The fourth-order valence-electron chi connectivity index (χ4n) is 2.86. The Kier molecular flexibility index (Phi) is 3.46. The van der Waals surface area contributed by atoms with E-state index in [1.165, 1.54) is 34.4 Å². The Balaban J connectivity index is 2.06. The second kappa shape index (κ2) is 5.25. The number of nitrogens with zero attached hydrogens (tertiary/aromatic N) is 1. The third kappa shape index (κ3) is 2.47. The summed E-state index contributed by atoms with van der Waals surface area (Å²) in [5.74, 6) is 1.01. The van der Waals surface area contributed by atoms with Crippen molar-refractivity contribution in [1.29, 1.82) is 0 Å². The van der Waals surface area contributed by atoms with Gasteiger partial charge in [0.2, 0.25) is 0 Å². The van der Waals surface area contributed by atoms with Crippen molar-refractivity contribution in [3.05, 3.63) is 28.8 Å². The van der Waals surface area contributed by atoms with Crippen LogP contribution in [0, 0.1) is 0 Å². The molecule has 19 heavy (non-hydrogen) atoms. The predicted molar refractivity (Wildman–Crippen MR) is 77.7 cm³/mol. The lowest BCUT2D eigenvalue weighted by molar-refractivity contribution is 0.249. The maximum atomic E-state index is 10.8. The molecule has 0 bridgehead atoms. The summed E-state index contributed by atoms with van der Waals surface area (Å²) >= 11 is 1.87. The van der Waals surface area contributed by atoms with Crippen LogP contribution in [0.4, 0.5) is 4.79 Å². The third-order valence-electron chi connectivity index (χ3n) is 3.68. The fraction of sp³-hybridized carbons (Fsp3) is 0.429. The van der Waals surface area contributed by atoms with Crippen molar-refractivity contribution in [2.45, 2.75) is 37.0 Å². The van der Waals surface area contributed by atoms with Gasteiger partial charge in [0.05, 0.1) is 5.71 Å². The predicted octanol–water partition coefficient (Wildman–Crippen LogP) is 2.43. The minimum atomic E-state index is -0.600. The average Bonchev–Trinajstić information content (AvgIpc) is 2.44. The number of nitrogens with one attached hydrogen (secondary N) is 1.